The zero-order valence-corrected chi connectivity index (χ0v) is 33.7. The third-order valence-electron chi connectivity index (χ3n) is 9.18. The molecule has 1 saturated carbocycles. The first-order chi connectivity index (χ1) is 24.5. The van der Waals surface area contributed by atoms with Crippen molar-refractivity contribution in [1.29, 1.82) is 0 Å². The van der Waals surface area contributed by atoms with Crippen molar-refractivity contribution in [1.82, 2.24) is 19.7 Å². The van der Waals surface area contributed by atoms with E-state index in [1.54, 1.807) is 39.8 Å². The Morgan fingerprint density at radius 1 is 0.962 bits per heavy atom. The van der Waals surface area contributed by atoms with Crippen LogP contribution in [-0.2, 0) is 19.1 Å². The molecule has 4 heterocycles. The van der Waals surface area contributed by atoms with E-state index in [1.807, 2.05) is 0 Å². The molecule has 15 nitrogen and oxygen atoms in total. The molecular weight excluding hydrogens is 735 g/mol. The van der Waals surface area contributed by atoms with Gasteiger partial charge in [-0.1, -0.05) is 18.2 Å². The first-order valence-electron chi connectivity index (χ1n) is 16.1. The molecule has 0 spiro atoms. The summed E-state index contributed by atoms with van der Waals surface area (Å²) >= 11 is 1.21. The van der Waals surface area contributed by atoms with Gasteiger partial charge in [-0.05, 0) is 37.1 Å². The maximum Gasteiger partial charge on any atom is 1.00 e. The van der Waals surface area contributed by atoms with E-state index in [1.165, 1.54) is 28.9 Å². The molecular formula is C34H30FN5Na2O10S. The fourth-order valence-corrected chi connectivity index (χ4v) is 7.76. The summed E-state index contributed by atoms with van der Waals surface area (Å²) in [6, 6.07) is 10.2. The van der Waals surface area contributed by atoms with Gasteiger partial charge in [0.1, 0.15) is 29.6 Å². The van der Waals surface area contributed by atoms with Crippen LogP contribution in [0.2, 0.25) is 0 Å². The number of carboxylic acids is 2. The van der Waals surface area contributed by atoms with Gasteiger partial charge in [-0.25, -0.2) is 9.18 Å². The summed E-state index contributed by atoms with van der Waals surface area (Å²) in [7, 11) is 0. The van der Waals surface area contributed by atoms with Crippen LogP contribution in [0.3, 0.4) is 0 Å². The number of pyridine rings is 1. The molecule has 53 heavy (non-hydrogen) atoms. The van der Waals surface area contributed by atoms with E-state index in [9.17, 15) is 39.0 Å². The van der Waals surface area contributed by atoms with Gasteiger partial charge in [-0.2, -0.15) is 0 Å². The van der Waals surface area contributed by atoms with Crippen LogP contribution in [0.25, 0.3) is 10.9 Å². The number of hydrogen-bond donors (Lipinski definition) is 1. The third-order valence-corrected chi connectivity index (χ3v) is 10.5. The van der Waals surface area contributed by atoms with Crippen molar-refractivity contribution in [3.63, 3.8) is 0 Å². The quantitative estimate of drug-likeness (QED) is 0.152. The molecule has 1 aromatic heterocycles. The number of rotatable bonds is 10. The number of aromatic nitrogens is 1. The summed E-state index contributed by atoms with van der Waals surface area (Å²) in [4.78, 5) is 78.9. The second-order valence-corrected chi connectivity index (χ2v) is 13.5. The van der Waals surface area contributed by atoms with Gasteiger partial charge in [-0.15, -0.1) is 11.8 Å². The number of hydrogen-bond acceptors (Lipinski definition) is 12. The fraction of sp³-hybridized carbons (Fsp3) is 0.353. The van der Waals surface area contributed by atoms with Crippen molar-refractivity contribution in [2.24, 2.45) is 0 Å². The number of carboxylic acid groups (broad SMARTS) is 2. The van der Waals surface area contributed by atoms with Crippen molar-refractivity contribution >= 4 is 58.2 Å². The van der Waals surface area contributed by atoms with Gasteiger partial charge in [0.05, 0.1) is 34.4 Å². The Hall–Kier alpha value is -3.58. The number of nitrogens with one attached hydrogen (secondary N) is 1. The van der Waals surface area contributed by atoms with Crippen LogP contribution >= 0.6 is 11.8 Å². The molecule has 2 saturated heterocycles. The van der Waals surface area contributed by atoms with E-state index in [0.717, 1.165) is 23.8 Å². The Morgan fingerprint density at radius 3 is 2.30 bits per heavy atom. The van der Waals surface area contributed by atoms with E-state index in [4.69, 9.17) is 9.47 Å². The third kappa shape index (κ3) is 8.26. The van der Waals surface area contributed by atoms with E-state index >= 15 is 4.39 Å². The van der Waals surface area contributed by atoms with Crippen molar-refractivity contribution in [2.45, 2.75) is 30.3 Å². The van der Waals surface area contributed by atoms with Gasteiger partial charge < -0.3 is 49.0 Å². The molecule has 3 aromatic rings. The van der Waals surface area contributed by atoms with Gasteiger partial charge >= 0.3 is 65.2 Å². The summed E-state index contributed by atoms with van der Waals surface area (Å²) in [5.74, 6) is -4.59. The Morgan fingerprint density at radius 2 is 1.66 bits per heavy atom. The molecule has 1 N–H and O–H groups in total. The number of β-lactam (4-membered cyclic amide) rings is 1. The standard InChI is InChI=1S/C34H32FN5O10S.2Na/c35-23-12-21-24(39(19-6-7-19)14-22(29(21)42)32(44)45)13-25(23)37-8-10-38(11-9-37)34(48)50-15-18-17-51-31-27(30(43)40(31)28(18)33(46)47)36-26(41)16-49-20-4-2-1-3-5-20;;/h1-5,12-14,19,27,31H,6-11,15-17H2,(H,36,41)(H,44,45)(H,46,47);;/q;2*+1/p-2/t27-,31-;;/m1../s1. The Labute approximate surface area is 350 Å². The van der Waals surface area contributed by atoms with Crippen molar-refractivity contribution in [2.75, 3.05) is 50.0 Å². The molecule has 19 heteroatoms. The maximum absolute atomic E-state index is 15.4. The molecule has 7 rings (SSSR count). The molecule has 1 aliphatic carbocycles. The predicted octanol–water partition coefficient (Wildman–Crippen LogP) is -6.41. The van der Waals surface area contributed by atoms with Crippen LogP contribution < -0.4 is 89.7 Å². The summed E-state index contributed by atoms with van der Waals surface area (Å²) < 4.78 is 27.9. The second-order valence-electron chi connectivity index (χ2n) is 12.4. The molecule has 266 valence electrons. The number of anilines is 1. The van der Waals surface area contributed by atoms with Gasteiger partial charge in [0, 0.05) is 55.1 Å². The Bertz CT molecular complexity index is 2060. The molecule has 0 unspecified atom stereocenters. The minimum absolute atomic E-state index is 0. The number of halogens is 1. The number of aromatic carboxylic acids is 1. The molecule has 3 amide bonds. The molecule has 3 fully saturated rings. The fourth-order valence-electron chi connectivity index (χ4n) is 6.43. The number of thioether (sulfide) groups is 1. The monoisotopic (exact) mass is 765 g/mol. The summed E-state index contributed by atoms with van der Waals surface area (Å²) in [6.07, 6.45) is 2.09. The number of ether oxygens (including phenoxy) is 2. The van der Waals surface area contributed by atoms with Crippen LogP contribution in [0.15, 0.2) is 64.7 Å². The molecule has 3 aliphatic heterocycles. The summed E-state index contributed by atoms with van der Waals surface area (Å²) in [5.41, 5.74) is -0.996. The summed E-state index contributed by atoms with van der Waals surface area (Å²) in [6.45, 7) is -0.0643. The van der Waals surface area contributed by atoms with Crippen molar-refractivity contribution in [3.05, 3.63) is 81.5 Å². The normalized spacial score (nSPS) is 19.3. The van der Waals surface area contributed by atoms with E-state index in [-0.39, 0.29) is 120 Å². The Kier molecular flexibility index (Phi) is 12.9. The van der Waals surface area contributed by atoms with Crippen molar-refractivity contribution < 1.29 is 107 Å². The number of benzene rings is 2. The number of aliphatic carboxylic acids is 1. The average molecular weight is 766 g/mol. The predicted molar refractivity (Wildman–Crippen MR) is 175 cm³/mol. The van der Waals surface area contributed by atoms with Crippen molar-refractivity contribution in [3.8, 4) is 5.75 Å². The minimum atomic E-state index is -1.63. The number of amides is 3. The number of para-hydroxylation sites is 1. The zero-order chi connectivity index (χ0) is 36.0. The summed E-state index contributed by atoms with van der Waals surface area (Å²) in [5, 5.41) is 25.5. The van der Waals surface area contributed by atoms with Gasteiger partial charge in [-0.3, -0.25) is 19.3 Å². The van der Waals surface area contributed by atoms with Gasteiger partial charge in [0.2, 0.25) is 0 Å². The smallest absolute Gasteiger partial charge is 0.545 e. The van der Waals surface area contributed by atoms with Crippen LogP contribution in [0, 0.1) is 5.82 Å². The molecule has 2 aromatic carbocycles. The van der Waals surface area contributed by atoms with Crippen LogP contribution in [0.5, 0.6) is 5.75 Å². The largest absolute Gasteiger partial charge is 1.00 e. The zero-order valence-electron chi connectivity index (χ0n) is 28.9. The van der Waals surface area contributed by atoms with Crippen LogP contribution in [0.4, 0.5) is 14.9 Å². The topological polar surface area (TPSA) is 194 Å². The number of piperazine rings is 1. The SMILES string of the molecule is O=C(COc1ccccc1)N[C@@H]1C(=O)N2C(C(=O)[O-])=C(COC(=O)N3CCN(c4cc5c(cc4F)c(=O)c(C(=O)[O-])cn5C4CC4)CC3)CS[C@H]12.[Na+].[Na+]. The van der Waals surface area contributed by atoms with Crippen LogP contribution in [-0.4, -0.2) is 101 Å². The number of carbonyl (C=O) groups is 5. The number of nitrogens with zero attached hydrogens (tertiary/aromatic N) is 4. The van der Waals surface area contributed by atoms with E-state index in [0.29, 0.717) is 11.3 Å². The first-order valence-corrected chi connectivity index (χ1v) is 17.2. The van der Waals surface area contributed by atoms with Crippen LogP contribution in [0.1, 0.15) is 29.2 Å². The minimum Gasteiger partial charge on any atom is -0.545 e. The maximum atomic E-state index is 15.4. The molecule has 0 radical (unpaired) electrons. The first kappa shape index (κ1) is 40.6. The van der Waals surface area contributed by atoms with E-state index in [2.05, 4.69) is 5.32 Å². The molecule has 2 atom stereocenters. The number of carbonyl (C=O) groups excluding carboxylic acids is 5. The molecule has 0 bridgehead atoms. The average Bonchev–Trinajstić information content (AvgIpc) is 3.97. The van der Waals surface area contributed by atoms with E-state index < -0.39 is 70.4 Å². The Balaban J connectivity index is 0.00000271. The van der Waals surface area contributed by atoms with Gasteiger partial charge in [0.15, 0.2) is 12.0 Å². The van der Waals surface area contributed by atoms with Gasteiger partial charge in [0.25, 0.3) is 11.8 Å². The second kappa shape index (κ2) is 16.8. The molecule has 4 aliphatic rings. The number of fused-ring (bicyclic) bond motifs is 2.